The Bertz CT molecular complexity index is 1330. The minimum atomic E-state index is -1.35. The van der Waals surface area contributed by atoms with Gasteiger partial charge in [0, 0.05) is 6.42 Å². The predicted octanol–water partition coefficient (Wildman–Crippen LogP) is 2.28. The van der Waals surface area contributed by atoms with Gasteiger partial charge < -0.3 is 30.8 Å². The molecular weight excluding hydrogens is 514 g/mol. The van der Waals surface area contributed by atoms with E-state index < -0.39 is 41.9 Å². The second-order valence-electron chi connectivity index (χ2n) is 11.0. The van der Waals surface area contributed by atoms with Gasteiger partial charge in [0.1, 0.15) is 42.3 Å². The number of aliphatic hydroxyl groups excluding tert-OH is 1. The van der Waals surface area contributed by atoms with Gasteiger partial charge in [0.05, 0.1) is 5.69 Å². The smallest absolute Gasteiger partial charge is 0.323 e. The zero-order valence-corrected chi connectivity index (χ0v) is 22.6. The Morgan fingerprint density at radius 1 is 1.18 bits per heavy atom. The summed E-state index contributed by atoms with van der Waals surface area (Å²) < 4.78 is 19.3. The summed E-state index contributed by atoms with van der Waals surface area (Å²) in [7, 11) is 0. The molecule has 3 heterocycles. The third-order valence-electron chi connectivity index (χ3n) is 8.07. The van der Waals surface area contributed by atoms with Crippen molar-refractivity contribution in [3.05, 3.63) is 60.0 Å². The van der Waals surface area contributed by atoms with E-state index in [0.29, 0.717) is 17.6 Å². The Morgan fingerprint density at radius 2 is 1.93 bits per heavy atom. The summed E-state index contributed by atoms with van der Waals surface area (Å²) >= 11 is 0. The molecular formula is C29H37N5O6. The molecule has 0 bridgehead atoms. The van der Waals surface area contributed by atoms with Crippen molar-refractivity contribution in [3.8, 4) is 0 Å². The van der Waals surface area contributed by atoms with Crippen LogP contribution in [0.15, 0.2) is 48.8 Å². The molecule has 1 aromatic carbocycles. The number of aliphatic hydroxyl groups is 1. The van der Waals surface area contributed by atoms with Gasteiger partial charge in [-0.2, -0.15) is 5.10 Å². The first kappa shape index (κ1) is 28.0. The molecule has 2 aromatic heterocycles. The number of hydrogen-bond donors (Lipinski definition) is 3. The van der Waals surface area contributed by atoms with Gasteiger partial charge in [-0.15, -0.1) is 0 Å². The summed E-state index contributed by atoms with van der Waals surface area (Å²) in [5, 5.41) is 15.8. The first-order valence-electron chi connectivity index (χ1n) is 13.9. The number of nitrogens with zero attached hydrogens (tertiary/aromatic N) is 3. The van der Waals surface area contributed by atoms with E-state index in [-0.39, 0.29) is 24.8 Å². The quantitative estimate of drug-likeness (QED) is 0.336. The van der Waals surface area contributed by atoms with Crippen molar-refractivity contribution in [2.45, 2.75) is 81.8 Å². The standard InChI is InChI=1S/C29H37N5O6/c1-29(23-13-12-21-27(31)32-17-33-34(21)23)26(36)25(39-24(35)15-19-10-6-3-7-11-19)22(40-29)16-38-28(37)20(30)14-18-8-4-2-5-9-18/h2,4-5,8-9,12-13,17,19-20,22,25-26,36H,3,6-7,10-11,14-16,30H2,1H3,(H2,31,32,33)/t20-,22+,25+,26+,29-/m0/s1. The number of ether oxygens (including phenoxy) is 3. The van der Waals surface area contributed by atoms with Crippen LogP contribution in [0.1, 0.15) is 56.7 Å². The van der Waals surface area contributed by atoms with E-state index in [0.717, 1.165) is 31.2 Å². The molecule has 5 rings (SSSR count). The minimum Gasteiger partial charge on any atom is -0.462 e. The first-order valence-corrected chi connectivity index (χ1v) is 13.9. The average molecular weight is 552 g/mol. The molecule has 2 aliphatic rings. The van der Waals surface area contributed by atoms with E-state index in [1.165, 1.54) is 17.3 Å². The van der Waals surface area contributed by atoms with Crippen molar-refractivity contribution in [1.29, 1.82) is 0 Å². The van der Waals surface area contributed by atoms with Crippen LogP contribution in [0.4, 0.5) is 5.82 Å². The zero-order chi connectivity index (χ0) is 28.3. The van der Waals surface area contributed by atoms with Crippen molar-refractivity contribution in [2.24, 2.45) is 11.7 Å². The van der Waals surface area contributed by atoms with Crippen LogP contribution in [0.5, 0.6) is 0 Å². The van der Waals surface area contributed by atoms with Crippen molar-refractivity contribution < 1.29 is 28.9 Å². The van der Waals surface area contributed by atoms with Crippen molar-refractivity contribution in [3.63, 3.8) is 0 Å². The van der Waals surface area contributed by atoms with E-state index in [1.807, 2.05) is 30.3 Å². The number of carbonyl (C=O) groups excluding carboxylic acids is 2. The molecule has 2 fully saturated rings. The van der Waals surface area contributed by atoms with Gasteiger partial charge in [0.15, 0.2) is 11.9 Å². The Hall–Kier alpha value is -3.54. The molecule has 5 N–H and O–H groups in total. The van der Waals surface area contributed by atoms with Gasteiger partial charge in [-0.3, -0.25) is 9.59 Å². The summed E-state index contributed by atoms with van der Waals surface area (Å²) in [6, 6.07) is 12.0. The molecule has 40 heavy (non-hydrogen) atoms. The lowest BCUT2D eigenvalue weighted by Gasteiger charge is -2.28. The number of nitrogen functional groups attached to an aromatic ring is 1. The van der Waals surface area contributed by atoms with Crippen LogP contribution in [0.25, 0.3) is 5.52 Å². The van der Waals surface area contributed by atoms with Crippen LogP contribution in [-0.2, 0) is 35.8 Å². The Labute approximate surface area is 232 Å². The van der Waals surface area contributed by atoms with Gasteiger partial charge in [0.2, 0.25) is 0 Å². The van der Waals surface area contributed by atoms with Crippen LogP contribution < -0.4 is 11.5 Å². The summed E-state index contributed by atoms with van der Waals surface area (Å²) in [6.07, 6.45) is 3.93. The predicted molar refractivity (Wildman–Crippen MR) is 146 cm³/mol. The first-order chi connectivity index (χ1) is 19.3. The van der Waals surface area contributed by atoms with Gasteiger partial charge in [0.25, 0.3) is 0 Å². The molecule has 11 nitrogen and oxygen atoms in total. The Balaban J connectivity index is 1.33. The highest BCUT2D eigenvalue weighted by atomic mass is 16.6. The molecule has 1 aliphatic heterocycles. The molecule has 1 aliphatic carbocycles. The highest BCUT2D eigenvalue weighted by molar-refractivity contribution is 5.76. The third-order valence-corrected chi connectivity index (χ3v) is 8.07. The Kier molecular flexibility index (Phi) is 8.34. The molecule has 1 saturated carbocycles. The number of nitrogens with two attached hydrogens (primary N) is 2. The maximum Gasteiger partial charge on any atom is 0.323 e. The number of carbonyl (C=O) groups is 2. The molecule has 11 heteroatoms. The number of rotatable bonds is 9. The SMILES string of the molecule is C[C@@]1(c2ccc3c(N)ncnn23)O[C@H](COC(=O)[C@@H](N)Cc2ccccc2)[C@@H](OC(=O)CC2CCCCC2)[C@H]1O. The fourth-order valence-electron chi connectivity index (χ4n) is 5.83. The largest absolute Gasteiger partial charge is 0.462 e. The average Bonchev–Trinajstić information content (AvgIpc) is 3.50. The van der Waals surface area contributed by atoms with Crippen molar-refractivity contribution >= 4 is 23.3 Å². The van der Waals surface area contributed by atoms with Crippen molar-refractivity contribution in [2.75, 3.05) is 12.3 Å². The van der Waals surface area contributed by atoms with E-state index in [1.54, 1.807) is 19.1 Å². The number of aromatic nitrogens is 3. The number of hydrogen-bond acceptors (Lipinski definition) is 10. The molecule has 214 valence electrons. The summed E-state index contributed by atoms with van der Waals surface area (Å²) in [6.45, 7) is 1.43. The maximum atomic E-state index is 13.0. The minimum absolute atomic E-state index is 0.254. The molecule has 0 spiro atoms. The fraction of sp³-hybridized carbons (Fsp3) is 0.517. The molecule has 0 amide bonds. The maximum absolute atomic E-state index is 13.0. The van der Waals surface area contributed by atoms with Gasteiger partial charge in [-0.05, 0) is 49.8 Å². The lowest BCUT2D eigenvalue weighted by Crippen LogP contribution is -2.43. The fourth-order valence-corrected chi connectivity index (χ4v) is 5.83. The van der Waals surface area contributed by atoms with Crippen molar-refractivity contribution in [1.82, 2.24) is 14.6 Å². The lowest BCUT2D eigenvalue weighted by molar-refractivity contribution is -0.162. The van der Waals surface area contributed by atoms with E-state index >= 15 is 0 Å². The number of benzene rings is 1. The Morgan fingerprint density at radius 3 is 2.67 bits per heavy atom. The normalized spacial score (nSPS) is 26.0. The van der Waals surface area contributed by atoms with E-state index in [4.69, 9.17) is 25.7 Å². The van der Waals surface area contributed by atoms with Crippen LogP contribution >= 0.6 is 0 Å². The highest BCUT2D eigenvalue weighted by Crippen LogP contribution is 2.42. The zero-order valence-electron chi connectivity index (χ0n) is 22.6. The van der Waals surface area contributed by atoms with E-state index in [9.17, 15) is 14.7 Å². The molecule has 1 saturated heterocycles. The number of esters is 2. The van der Waals surface area contributed by atoms with Gasteiger partial charge >= 0.3 is 11.9 Å². The topological polar surface area (TPSA) is 164 Å². The molecule has 3 aromatic rings. The van der Waals surface area contributed by atoms with E-state index in [2.05, 4.69) is 10.1 Å². The summed E-state index contributed by atoms with van der Waals surface area (Å²) in [5.41, 5.74) is 12.7. The third kappa shape index (κ3) is 5.81. The second kappa shape index (κ2) is 11.9. The molecule has 5 atom stereocenters. The number of anilines is 1. The second-order valence-corrected chi connectivity index (χ2v) is 11.0. The molecule has 0 unspecified atom stereocenters. The van der Waals surface area contributed by atoms with Crippen LogP contribution in [-0.4, -0.2) is 62.6 Å². The highest BCUT2D eigenvalue weighted by Gasteiger charge is 2.56. The molecule has 0 radical (unpaired) electrons. The van der Waals surface area contributed by atoms with Crippen LogP contribution in [0, 0.1) is 5.92 Å². The van der Waals surface area contributed by atoms with Gasteiger partial charge in [-0.1, -0.05) is 49.6 Å². The lowest BCUT2D eigenvalue weighted by atomic mass is 9.87. The van der Waals surface area contributed by atoms with Crippen LogP contribution in [0.3, 0.4) is 0 Å². The monoisotopic (exact) mass is 551 g/mol. The number of fused-ring (bicyclic) bond motifs is 1. The summed E-state index contributed by atoms with van der Waals surface area (Å²) in [5.74, 6) is -0.497. The van der Waals surface area contributed by atoms with Gasteiger partial charge in [-0.25, -0.2) is 9.50 Å². The summed E-state index contributed by atoms with van der Waals surface area (Å²) in [4.78, 5) is 29.8. The van der Waals surface area contributed by atoms with Crippen LogP contribution in [0.2, 0.25) is 0 Å².